The lowest BCUT2D eigenvalue weighted by molar-refractivity contribution is 0.0746. The Morgan fingerprint density at radius 1 is 1.05 bits per heavy atom. The van der Waals surface area contributed by atoms with Crippen molar-refractivity contribution in [1.29, 1.82) is 0 Å². The molecule has 108 valence electrons. The van der Waals surface area contributed by atoms with Crippen molar-refractivity contribution in [3.05, 3.63) is 48.3 Å². The van der Waals surface area contributed by atoms with Gasteiger partial charge in [0, 0.05) is 49.8 Å². The van der Waals surface area contributed by atoms with Crippen LogP contribution in [0.2, 0.25) is 0 Å². The number of benzene rings is 1. The average Bonchev–Trinajstić information content (AvgIpc) is 2.55. The Morgan fingerprint density at radius 3 is 2.43 bits per heavy atom. The Morgan fingerprint density at radius 2 is 1.76 bits per heavy atom. The van der Waals surface area contributed by atoms with E-state index in [1.807, 2.05) is 4.90 Å². The highest BCUT2D eigenvalue weighted by atomic mass is 16.2. The van der Waals surface area contributed by atoms with Crippen LogP contribution >= 0.6 is 0 Å². The minimum absolute atomic E-state index is 0.0240. The van der Waals surface area contributed by atoms with Crippen molar-refractivity contribution in [1.82, 2.24) is 14.9 Å². The second-order valence-electron chi connectivity index (χ2n) is 4.95. The topological polar surface area (TPSA) is 75.4 Å². The van der Waals surface area contributed by atoms with E-state index in [-0.39, 0.29) is 5.91 Å². The molecule has 1 saturated heterocycles. The van der Waals surface area contributed by atoms with Crippen LogP contribution in [0.25, 0.3) is 0 Å². The predicted molar refractivity (Wildman–Crippen MR) is 81.0 cm³/mol. The second-order valence-corrected chi connectivity index (χ2v) is 4.95. The van der Waals surface area contributed by atoms with Crippen molar-refractivity contribution in [2.75, 3.05) is 36.8 Å². The molecule has 1 aliphatic heterocycles. The number of aromatic nitrogens is 2. The average molecular weight is 283 g/mol. The summed E-state index contributed by atoms with van der Waals surface area (Å²) in [4.78, 5) is 24.8. The number of piperazine rings is 1. The number of nitrogens with two attached hydrogens (primary N) is 1. The van der Waals surface area contributed by atoms with E-state index in [0.717, 1.165) is 13.1 Å². The normalized spacial score (nSPS) is 15.0. The summed E-state index contributed by atoms with van der Waals surface area (Å²) in [6.07, 6.45) is 3.46. The molecule has 1 fully saturated rings. The molecule has 0 bridgehead atoms. The van der Waals surface area contributed by atoms with Crippen molar-refractivity contribution in [3.63, 3.8) is 0 Å². The van der Waals surface area contributed by atoms with Gasteiger partial charge < -0.3 is 15.5 Å². The Hall–Kier alpha value is -2.63. The van der Waals surface area contributed by atoms with Gasteiger partial charge in [0.05, 0.1) is 0 Å². The van der Waals surface area contributed by atoms with E-state index >= 15 is 0 Å². The van der Waals surface area contributed by atoms with Crippen molar-refractivity contribution in [2.24, 2.45) is 0 Å². The molecule has 2 heterocycles. The minimum atomic E-state index is 0.0240. The van der Waals surface area contributed by atoms with Gasteiger partial charge in [-0.25, -0.2) is 9.97 Å². The van der Waals surface area contributed by atoms with Crippen LogP contribution in [-0.4, -0.2) is 47.0 Å². The van der Waals surface area contributed by atoms with Crippen LogP contribution in [0.5, 0.6) is 0 Å². The number of carbonyl (C=O) groups excluding carboxylic acids is 1. The van der Waals surface area contributed by atoms with E-state index in [1.165, 1.54) is 0 Å². The van der Waals surface area contributed by atoms with Gasteiger partial charge in [-0.15, -0.1) is 0 Å². The fourth-order valence-corrected chi connectivity index (χ4v) is 2.42. The first-order valence-electron chi connectivity index (χ1n) is 6.91. The first-order valence-corrected chi connectivity index (χ1v) is 6.91. The first-order chi connectivity index (χ1) is 10.2. The summed E-state index contributed by atoms with van der Waals surface area (Å²) >= 11 is 0. The summed E-state index contributed by atoms with van der Waals surface area (Å²) in [6, 6.07) is 8.89. The van der Waals surface area contributed by atoms with E-state index in [2.05, 4.69) is 14.9 Å². The molecule has 0 saturated carbocycles. The standard InChI is InChI=1S/C15H17N5O/c16-13-4-1-3-12(11-13)14(21)19-7-9-20(10-8-19)15-17-5-2-6-18-15/h1-6,11H,7-10,16H2. The predicted octanol–water partition coefficient (Wildman–Crippen LogP) is 1.02. The molecule has 1 aromatic carbocycles. The summed E-state index contributed by atoms with van der Waals surface area (Å²) in [7, 11) is 0. The molecule has 21 heavy (non-hydrogen) atoms. The summed E-state index contributed by atoms with van der Waals surface area (Å²) in [5.74, 6) is 0.740. The third kappa shape index (κ3) is 2.94. The molecule has 0 radical (unpaired) electrons. The van der Waals surface area contributed by atoms with Gasteiger partial charge in [-0.2, -0.15) is 0 Å². The molecule has 1 aliphatic rings. The molecule has 1 amide bonds. The number of hydrogen-bond acceptors (Lipinski definition) is 5. The maximum Gasteiger partial charge on any atom is 0.254 e. The van der Waals surface area contributed by atoms with E-state index in [1.54, 1.807) is 42.7 Å². The molecule has 0 atom stereocenters. The van der Waals surface area contributed by atoms with Gasteiger partial charge in [0.25, 0.3) is 5.91 Å². The fraction of sp³-hybridized carbons (Fsp3) is 0.267. The number of nitrogen functional groups attached to an aromatic ring is 1. The number of anilines is 2. The van der Waals surface area contributed by atoms with E-state index in [9.17, 15) is 4.79 Å². The van der Waals surface area contributed by atoms with Crippen molar-refractivity contribution in [2.45, 2.75) is 0 Å². The molecule has 0 spiro atoms. The van der Waals surface area contributed by atoms with Crippen molar-refractivity contribution >= 4 is 17.5 Å². The van der Waals surface area contributed by atoms with Crippen LogP contribution in [0, 0.1) is 0 Å². The summed E-state index contributed by atoms with van der Waals surface area (Å²) in [5, 5.41) is 0. The highest BCUT2D eigenvalue weighted by Crippen LogP contribution is 2.14. The van der Waals surface area contributed by atoms with Crippen LogP contribution < -0.4 is 10.6 Å². The third-order valence-corrected chi connectivity index (χ3v) is 3.54. The van der Waals surface area contributed by atoms with Gasteiger partial charge in [0.1, 0.15) is 0 Å². The Bertz CT molecular complexity index is 623. The molecule has 2 aromatic rings. The fourth-order valence-electron chi connectivity index (χ4n) is 2.42. The Balaban J connectivity index is 1.64. The zero-order chi connectivity index (χ0) is 14.7. The monoisotopic (exact) mass is 283 g/mol. The van der Waals surface area contributed by atoms with E-state index in [0.29, 0.717) is 30.3 Å². The number of carbonyl (C=O) groups is 1. The lowest BCUT2D eigenvalue weighted by Crippen LogP contribution is -2.49. The van der Waals surface area contributed by atoms with Crippen molar-refractivity contribution < 1.29 is 4.79 Å². The molecule has 3 rings (SSSR count). The van der Waals surface area contributed by atoms with E-state index < -0.39 is 0 Å². The minimum Gasteiger partial charge on any atom is -0.399 e. The van der Waals surface area contributed by atoms with Crippen LogP contribution in [0.4, 0.5) is 11.6 Å². The van der Waals surface area contributed by atoms with E-state index in [4.69, 9.17) is 5.73 Å². The SMILES string of the molecule is Nc1cccc(C(=O)N2CCN(c3ncccn3)CC2)c1. The lowest BCUT2D eigenvalue weighted by atomic mass is 10.1. The first kappa shape index (κ1) is 13.4. The quantitative estimate of drug-likeness (QED) is 0.833. The highest BCUT2D eigenvalue weighted by Gasteiger charge is 2.23. The maximum atomic E-state index is 12.4. The number of rotatable bonds is 2. The van der Waals surface area contributed by atoms with Crippen LogP contribution in [-0.2, 0) is 0 Å². The summed E-state index contributed by atoms with van der Waals surface area (Å²) < 4.78 is 0. The van der Waals surface area contributed by atoms with Crippen LogP contribution in [0.1, 0.15) is 10.4 Å². The largest absolute Gasteiger partial charge is 0.399 e. The van der Waals surface area contributed by atoms with Gasteiger partial charge in [-0.05, 0) is 24.3 Å². The summed E-state index contributed by atoms with van der Waals surface area (Å²) in [5.41, 5.74) is 6.98. The second kappa shape index (κ2) is 5.78. The Labute approximate surface area is 123 Å². The van der Waals surface area contributed by atoms with Gasteiger partial charge in [-0.3, -0.25) is 4.79 Å². The molecule has 0 aliphatic carbocycles. The molecule has 0 unspecified atom stereocenters. The highest BCUT2D eigenvalue weighted by molar-refractivity contribution is 5.95. The molecular weight excluding hydrogens is 266 g/mol. The van der Waals surface area contributed by atoms with Gasteiger partial charge in [-0.1, -0.05) is 6.07 Å². The zero-order valence-corrected chi connectivity index (χ0v) is 11.6. The Kier molecular flexibility index (Phi) is 3.68. The van der Waals surface area contributed by atoms with Crippen LogP contribution in [0.15, 0.2) is 42.7 Å². The number of hydrogen-bond donors (Lipinski definition) is 1. The molecule has 1 aromatic heterocycles. The van der Waals surface area contributed by atoms with Crippen LogP contribution in [0.3, 0.4) is 0 Å². The smallest absolute Gasteiger partial charge is 0.254 e. The number of nitrogens with zero attached hydrogens (tertiary/aromatic N) is 4. The number of amides is 1. The zero-order valence-electron chi connectivity index (χ0n) is 11.6. The molecular formula is C15H17N5O. The van der Waals surface area contributed by atoms with Crippen molar-refractivity contribution in [3.8, 4) is 0 Å². The molecule has 6 nitrogen and oxygen atoms in total. The van der Waals surface area contributed by atoms with Gasteiger partial charge in [0.2, 0.25) is 5.95 Å². The van der Waals surface area contributed by atoms with Gasteiger partial charge in [0.15, 0.2) is 0 Å². The molecule has 6 heteroatoms. The van der Waals surface area contributed by atoms with Gasteiger partial charge >= 0.3 is 0 Å². The molecule has 2 N–H and O–H groups in total. The lowest BCUT2D eigenvalue weighted by Gasteiger charge is -2.34. The third-order valence-electron chi connectivity index (χ3n) is 3.54. The maximum absolute atomic E-state index is 12.4. The summed E-state index contributed by atoms with van der Waals surface area (Å²) in [6.45, 7) is 2.79.